The number of rotatable bonds is 8. The van der Waals surface area contributed by atoms with Gasteiger partial charge in [-0.25, -0.2) is 0 Å². The van der Waals surface area contributed by atoms with Gasteiger partial charge in [-0.2, -0.15) is 0 Å². The molecule has 0 saturated carbocycles. The fourth-order valence-corrected chi connectivity index (χ4v) is 1.77. The van der Waals surface area contributed by atoms with Gasteiger partial charge in [-0.15, -0.1) is 0 Å². The number of benzene rings is 1. The van der Waals surface area contributed by atoms with Crippen LogP contribution in [0, 0.1) is 0 Å². The van der Waals surface area contributed by atoms with Crippen molar-refractivity contribution >= 4 is 5.91 Å². The lowest BCUT2D eigenvalue weighted by atomic mass is 10.1. The van der Waals surface area contributed by atoms with E-state index in [9.17, 15) is 9.90 Å². The molecular weight excluding hydrogens is 258 g/mol. The molecule has 0 aliphatic heterocycles. The first-order valence-corrected chi connectivity index (χ1v) is 6.66. The third kappa shape index (κ3) is 6.04. The Balaban J connectivity index is 2.42. The Morgan fingerprint density at radius 3 is 2.55 bits per heavy atom. The summed E-state index contributed by atoms with van der Waals surface area (Å²) in [5.74, 6) is 0.658. The summed E-state index contributed by atoms with van der Waals surface area (Å²) in [6, 6.07) is 7.40. The summed E-state index contributed by atoms with van der Waals surface area (Å²) in [4.78, 5) is 11.8. The average molecular weight is 281 g/mol. The molecule has 20 heavy (non-hydrogen) atoms. The zero-order valence-electron chi connectivity index (χ0n) is 12.3. The van der Waals surface area contributed by atoms with E-state index in [1.165, 1.54) is 7.11 Å². The number of amides is 1. The minimum absolute atomic E-state index is 0.134. The second kappa shape index (κ2) is 7.87. The van der Waals surface area contributed by atoms with Crippen LogP contribution in [0.1, 0.15) is 19.4 Å². The monoisotopic (exact) mass is 281 g/mol. The van der Waals surface area contributed by atoms with E-state index in [-0.39, 0.29) is 25.5 Å². The highest BCUT2D eigenvalue weighted by atomic mass is 16.5. The maximum atomic E-state index is 11.8. The van der Waals surface area contributed by atoms with Gasteiger partial charge >= 0.3 is 0 Å². The van der Waals surface area contributed by atoms with Gasteiger partial charge in [0.2, 0.25) is 5.91 Å². The third-order valence-corrected chi connectivity index (χ3v) is 2.72. The summed E-state index contributed by atoms with van der Waals surface area (Å²) < 4.78 is 10.2. The SMILES string of the molecule is CCOc1ccc(CC(=O)NCC(C)(O)COC)cc1. The molecule has 2 N–H and O–H groups in total. The molecule has 1 aromatic rings. The number of aliphatic hydroxyl groups is 1. The number of ether oxygens (including phenoxy) is 2. The summed E-state index contributed by atoms with van der Waals surface area (Å²) in [5.41, 5.74) is -0.152. The van der Waals surface area contributed by atoms with Crippen LogP contribution < -0.4 is 10.1 Å². The normalized spacial score (nSPS) is 13.6. The predicted molar refractivity (Wildman–Crippen MR) is 76.8 cm³/mol. The number of methoxy groups -OCH3 is 1. The molecule has 1 unspecified atom stereocenters. The van der Waals surface area contributed by atoms with Gasteiger partial charge in [-0.3, -0.25) is 4.79 Å². The minimum atomic E-state index is -1.05. The van der Waals surface area contributed by atoms with Gasteiger partial charge in [0.1, 0.15) is 11.4 Å². The van der Waals surface area contributed by atoms with Crippen molar-refractivity contribution in [3.05, 3.63) is 29.8 Å². The Morgan fingerprint density at radius 2 is 2.00 bits per heavy atom. The van der Waals surface area contributed by atoms with Crippen LogP contribution >= 0.6 is 0 Å². The van der Waals surface area contributed by atoms with Crippen LogP contribution in [0.3, 0.4) is 0 Å². The molecule has 0 aliphatic rings. The van der Waals surface area contributed by atoms with Crippen molar-refractivity contribution in [2.75, 3.05) is 26.9 Å². The molecule has 0 spiro atoms. The highest BCUT2D eigenvalue weighted by molar-refractivity contribution is 5.78. The minimum Gasteiger partial charge on any atom is -0.494 e. The molecule has 0 fully saturated rings. The fourth-order valence-electron chi connectivity index (χ4n) is 1.77. The average Bonchev–Trinajstić information content (AvgIpc) is 2.39. The van der Waals surface area contributed by atoms with Crippen molar-refractivity contribution in [1.82, 2.24) is 5.32 Å². The van der Waals surface area contributed by atoms with Crippen LogP contribution in [-0.2, 0) is 16.0 Å². The molecule has 1 amide bonds. The lowest BCUT2D eigenvalue weighted by Crippen LogP contribution is -2.44. The van der Waals surface area contributed by atoms with Crippen LogP contribution in [0.4, 0.5) is 0 Å². The Hall–Kier alpha value is -1.59. The summed E-state index contributed by atoms with van der Waals surface area (Å²) in [6.07, 6.45) is 0.273. The molecule has 0 radical (unpaired) electrons. The zero-order chi connectivity index (χ0) is 15.0. The van der Waals surface area contributed by atoms with Gasteiger partial charge in [0, 0.05) is 13.7 Å². The van der Waals surface area contributed by atoms with Crippen LogP contribution in [0.2, 0.25) is 0 Å². The third-order valence-electron chi connectivity index (χ3n) is 2.72. The summed E-state index contributed by atoms with van der Waals surface area (Å²) in [5, 5.41) is 12.6. The molecule has 112 valence electrons. The fraction of sp³-hybridized carbons (Fsp3) is 0.533. The predicted octanol–water partition coefficient (Wildman–Crippen LogP) is 1.14. The van der Waals surface area contributed by atoms with Gasteiger partial charge in [0.15, 0.2) is 0 Å². The Labute approximate surface area is 119 Å². The van der Waals surface area contributed by atoms with E-state index in [0.29, 0.717) is 6.61 Å². The Morgan fingerprint density at radius 1 is 1.35 bits per heavy atom. The smallest absolute Gasteiger partial charge is 0.224 e. The quantitative estimate of drug-likeness (QED) is 0.750. The topological polar surface area (TPSA) is 67.8 Å². The molecule has 0 aliphatic carbocycles. The van der Waals surface area contributed by atoms with E-state index in [1.807, 2.05) is 31.2 Å². The van der Waals surface area contributed by atoms with E-state index in [1.54, 1.807) is 6.92 Å². The maximum absolute atomic E-state index is 11.8. The first kappa shape index (κ1) is 16.5. The molecule has 0 bridgehead atoms. The largest absolute Gasteiger partial charge is 0.494 e. The van der Waals surface area contributed by atoms with E-state index in [0.717, 1.165) is 11.3 Å². The van der Waals surface area contributed by atoms with E-state index >= 15 is 0 Å². The lowest BCUT2D eigenvalue weighted by Gasteiger charge is -2.22. The van der Waals surface area contributed by atoms with Gasteiger partial charge < -0.3 is 19.9 Å². The molecule has 1 aromatic carbocycles. The van der Waals surface area contributed by atoms with Gasteiger partial charge in [-0.1, -0.05) is 12.1 Å². The molecule has 1 rings (SSSR count). The summed E-state index contributed by atoms with van der Waals surface area (Å²) >= 11 is 0. The molecule has 5 nitrogen and oxygen atoms in total. The second-order valence-electron chi connectivity index (χ2n) is 4.96. The highest BCUT2D eigenvalue weighted by Gasteiger charge is 2.20. The lowest BCUT2D eigenvalue weighted by molar-refractivity contribution is -0.122. The van der Waals surface area contributed by atoms with Gasteiger partial charge in [-0.05, 0) is 31.5 Å². The molecule has 5 heteroatoms. The van der Waals surface area contributed by atoms with E-state index < -0.39 is 5.60 Å². The van der Waals surface area contributed by atoms with Crippen LogP contribution in [0.25, 0.3) is 0 Å². The van der Waals surface area contributed by atoms with E-state index in [2.05, 4.69) is 5.32 Å². The zero-order valence-corrected chi connectivity index (χ0v) is 12.3. The molecular formula is C15H23NO4. The summed E-state index contributed by atoms with van der Waals surface area (Å²) in [7, 11) is 1.51. The van der Waals surface area contributed by atoms with Crippen molar-refractivity contribution in [1.29, 1.82) is 0 Å². The number of nitrogens with one attached hydrogen (secondary N) is 1. The first-order chi connectivity index (χ1) is 9.46. The number of carbonyl (C=O) groups is 1. The van der Waals surface area contributed by atoms with Crippen LogP contribution in [0.5, 0.6) is 5.75 Å². The second-order valence-corrected chi connectivity index (χ2v) is 4.96. The van der Waals surface area contributed by atoms with Crippen molar-refractivity contribution in [2.45, 2.75) is 25.9 Å². The number of hydrogen-bond acceptors (Lipinski definition) is 4. The van der Waals surface area contributed by atoms with Crippen LogP contribution in [-0.4, -0.2) is 43.5 Å². The Bertz CT molecular complexity index is 414. The number of hydrogen-bond donors (Lipinski definition) is 2. The van der Waals surface area contributed by atoms with Crippen LogP contribution in [0.15, 0.2) is 24.3 Å². The Kier molecular flexibility index (Phi) is 6.48. The van der Waals surface area contributed by atoms with Crippen molar-refractivity contribution in [3.8, 4) is 5.75 Å². The van der Waals surface area contributed by atoms with Crippen molar-refractivity contribution in [2.24, 2.45) is 0 Å². The summed E-state index contributed by atoms with van der Waals surface area (Å²) in [6.45, 7) is 4.50. The van der Waals surface area contributed by atoms with Crippen molar-refractivity contribution < 1.29 is 19.4 Å². The molecule has 0 aromatic heterocycles. The number of carbonyl (C=O) groups excluding carboxylic acids is 1. The molecule has 0 heterocycles. The first-order valence-electron chi connectivity index (χ1n) is 6.66. The van der Waals surface area contributed by atoms with Gasteiger partial charge in [0.25, 0.3) is 0 Å². The molecule has 1 atom stereocenters. The molecule has 0 saturated heterocycles. The maximum Gasteiger partial charge on any atom is 0.224 e. The van der Waals surface area contributed by atoms with Crippen molar-refractivity contribution in [3.63, 3.8) is 0 Å². The van der Waals surface area contributed by atoms with E-state index in [4.69, 9.17) is 9.47 Å². The highest BCUT2D eigenvalue weighted by Crippen LogP contribution is 2.12. The standard InChI is InChI=1S/C15H23NO4/c1-4-20-13-7-5-12(6-8-13)9-14(17)16-10-15(2,18)11-19-3/h5-8,18H,4,9-11H2,1-3H3,(H,16,17). The van der Waals surface area contributed by atoms with Gasteiger partial charge in [0.05, 0.1) is 19.6 Å².